The van der Waals surface area contributed by atoms with Gasteiger partial charge < -0.3 is 14.7 Å². The fourth-order valence-corrected chi connectivity index (χ4v) is 4.68. The first-order valence-electron chi connectivity index (χ1n) is 9.30. The van der Waals surface area contributed by atoms with Crippen molar-refractivity contribution >= 4 is 5.91 Å². The fourth-order valence-electron chi connectivity index (χ4n) is 4.68. The van der Waals surface area contributed by atoms with Gasteiger partial charge >= 0.3 is 0 Å². The number of likely N-dealkylation sites (tertiary alicyclic amines) is 1. The van der Waals surface area contributed by atoms with Gasteiger partial charge in [0.1, 0.15) is 11.4 Å². The summed E-state index contributed by atoms with van der Waals surface area (Å²) in [7, 11) is 1.57. The maximum atomic E-state index is 14.4. The van der Waals surface area contributed by atoms with E-state index < -0.39 is 11.5 Å². The molecule has 1 amide bonds. The zero-order valence-electron chi connectivity index (χ0n) is 15.3. The Balaban J connectivity index is 1.63. The number of pyridine rings is 1. The van der Waals surface area contributed by atoms with Crippen LogP contribution in [0.3, 0.4) is 0 Å². The molecule has 1 aliphatic heterocycles. The summed E-state index contributed by atoms with van der Waals surface area (Å²) < 4.78 is 19.6. The molecule has 1 saturated carbocycles. The molecule has 0 radical (unpaired) electrons. The summed E-state index contributed by atoms with van der Waals surface area (Å²) in [5.74, 6) is -0.493. The summed E-state index contributed by atoms with van der Waals surface area (Å²) in [5, 5.41) is 11.5. The number of rotatable bonds is 3. The van der Waals surface area contributed by atoms with Gasteiger partial charge in [0.15, 0.2) is 0 Å². The van der Waals surface area contributed by atoms with E-state index in [1.54, 1.807) is 48.4 Å². The van der Waals surface area contributed by atoms with Gasteiger partial charge in [0.05, 0.1) is 7.11 Å². The van der Waals surface area contributed by atoms with Crippen molar-refractivity contribution in [2.45, 2.75) is 24.9 Å². The first kappa shape index (κ1) is 17.9. The lowest BCUT2D eigenvalue weighted by Crippen LogP contribution is -2.59. The summed E-state index contributed by atoms with van der Waals surface area (Å²) >= 11 is 0. The Morgan fingerprint density at radius 2 is 2.00 bits per heavy atom. The highest BCUT2D eigenvalue weighted by Gasteiger charge is 2.53. The number of fused-ring (bicyclic) bond motifs is 2. The van der Waals surface area contributed by atoms with E-state index in [-0.39, 0.29) is 23.3 Å². The molecule has 1 saturated heterocycles. The second-order valence-corrected chi connectivity index (χ2v) is 7.43. The zero-order chi connectivity index (χ0) is 19.0. The molecule has 1 N–H and O–H groups in total. The van der Waals surface area contributed by atoms with Gasteiger partial charge in [-0.05, 0) is 37.1 Å². The highest BCUT2D eigenvalue weighted by molar-refractivity contribution is 5.94. The molecule has 2 fully saturated rings. The van der Waals surface area contributed by atoms with Gasteiger partial charge in [-0.25, -0.2) is 4.98 Å². The lowest BCUT2D eigenvalue weighted by atomic mass is 9.62. The molecule has 2 aromatic rings. The fraction of sp³-hybridized carbons (Fsp3) is 0.429. The molecular formula is C21H23FN2O3. The predicted molar refractivity (Wildman–Crippen MR) is 97.8 cm³/mol. The highest BCUT2D eigenvalue weighted by Crippen LogP contribution is 2.49. The van der Waals surface area contributed by atoms with Gasteiger partial charge in [-0.1, -0.05) is 18.6 Å². The largest absolute Gasteiger partial charge is 0.497 e. The van der Waals surface area contributed by atoms with E-state index in [1.807, 2.05) is 0 Å². The second-order valence-electron chi connectivity index (χ2n) is 7.43. The summed E-state index contributed by atoms with van der Waals surface area (Å²) in [6, 6.07) is 10.3. The standard InChI is InChI=1S/C21H23FN2O3/c1-27-17-8-2-5-14(11-17)20(25)24-12-15-6-3-7-16(13-24)21(15,26)18-9-4-10-23-19(18)22/h2,4-5,8-11,15-16,26H,3,6-7,12-13H2,1H3/t15-,16-/m1/s1. The Kier molecular flexibility index (Phi) is 4.60. The number of piperidine rings is 1. The number of carbonyl (C=O) groups is 1. The number of benzene rings is 1. The molecule has 2 bridgehead atoms. The van der Waals surface area contributed by atoms with Gasteiger partial charge in [0.2, 0.25) is 5.95 Å². The average Bonchev–Trinajstić information content (AvgIpc) is 2.67. The summed E-state index contributed by atoms with van der Waals surface area (Å²) in [6.07, 6.45) is 3.87. The lowest BCUT2D eigenvalue weighted by Gasteiger charge is -2.53. The molecule has 1 aromatic carbocycles. The molecule has 2 aliphatic rings. The van der Waals surface area contributed by atoms with Crippen LogP contribution >= 0.6 is 0 Å². The Bertz CT molecular complexity index is 843. The molecular weight excluding hydrogens is 347 g/mol. The minimum absolute atomic E-state index is 0.0838. The van der Waals surface area contributed by atoms with Crippen LogP contribution in [0.2, 0.25) is 0 Å². The minimum atomic E-state index is -1.28. The molecule has 0 unspecified atom stereocenters. The van der Waals surface area contributed by atoms with Crippen molar-refractivity contribution < 1.29 is 19.0 Å². The zero-order valence-corrected chi connectivity index (χ0v) is 15.3. The normalized spacial score (nSPS) is 27.3. The Morgan fingerprint density at radius 1 is 1.26 bits per heavy atom. The number of hydrogen-bond acceptors (Lipinski definition) is 4. The summed E-state index contributed by atoms with van der Waals surface area (Å²) in [6.45, 7) is 0.800. The number of aromatic nitrogens is 1. The molecule has 1 aliphatic carbocycles. The number of ether oxygens (including phenoxy) is 1. The van der Waals surface area contributed by atoms with E-state index in [2.05, 4.69) is 4.98 Å². The third-order valence-corrected chi connectivity index (χ3v) is 6.03. The number of carbonyl (C=O) groups excluding carboxylic acids is 1. The van der Waals surface area contributed by atoms with Crippen molar-refractivity contribution in [3.05, 3.63) is 59.7 Å². The lowest BCUT2D eigenvalue weighted by molar-refractivity contribution is -0.141. The maximum Gasteiger partial charge on any atom is 0.254 e. The quantitative estimate of drug-likeness (QED) is 0.844. The minimum Gasteiger partial charge on any atom is -0.497 e. The SMILES string of the molecule is COc1cccc(C(=O)N2C[C@H]3CCC[C@H](C2)C3(O)c2cccnc2F)c1. The second kappa shape index (κ2) is 6.93. The van der Waals surface area contributed by atoms with Crippen LogP contribution < -0.4 is 4.74 Å². The van der Waals surface area contributed by atoms with Crippen LogP contribution in [0.5, 0.6) is 5.75 Å². The van der Waals surface area contributed by atoms with Gasteiger partial charge in [-0.2, -0.15) is 4.39 Å². The highest BCUT2D eigenvalue weighted by atomic mass is 19.1. The Labute approximate surface area is 157 Å². The third kappa shape index (κ3) is 2.98. The molecule has 142 valence electrons. The van der Waals surface area contributed by atoms with Crippen molar-refractivity contribution in [1.29, 1.82) is 0 Å². The Morgan fingerprint density at radius 3 is 2.67 bits per heavy atom. The van der Waals surface area contributed by atoms with Crippen LogP contribution in [0, 0.1) is 17.8 Å². The molecule has 0 spiro atoms. The van der Waals surface area contributed by atoms with Crippen molar-refractivity contribution in [2.24, 2.45) is 11.8 Å². The number of hydrogen-bond donors (Lipinski definition) is 1. The van der Waals surface area contributed by atoms with Crippen LogP contribution in [-0.2, 0) is 5.60 Å². The van der Waals surface area contributed by atoms with E-state index in [0.717, 1.165) is 19.3 Å². The van der Waals surface area contributed by atoms with Crippen LogP contribution in [0.1, 0.15) is 35.2 Å². The number of amides is 1. The van der Waals surface area contributed by atoms with Crippen molar-refractivity contribution in [3.8, 4) is 5.75 Å². The first-order chi connectivity index (χ1) is 13.0. The molecule has 6 heteroatoms. The van der Waals surface area contributed by atoms with Gasteiger partial charge in [0.25, 0.3) is 5.91 Å². The summed E-state index contributed by atoms with van der Waals surface area (Å²) in [5.41, 5.74) is -0.458. The van der Waals surface area contributed by atoms with Crippen molar-refractivity contribution in [2.75, 3.05) is 20.2 Å². The maximum absolute atomic E-state index is 14.4. The van der Waals surface area contributed by atoms with E-state index in [9.17, 15) is 14.3 Å². The van der Waals surface area contributed by atoms with E-state index in [0.29, 0.717) is 24.4 Å². The van der Waals surface area contributed by atoms with E-state index >= 15 is 0 Å². The summed E-state index contributed by atoms with van der Waals surface area (Å²) in [4.78, 5) is 18.5. The molecule has 2 atom stereocenters. The van der Waals surface area contributed by atoms with Crippen LogP contribution in [-0.4, -0.2) is 41.1 Å². The molecule has 4 rings (SSSR count). The molecule has 27 heavy (non-hydrogen) atoms. The van der Waals surface area contributed by atoms with Gasteiger partial charge in [-0.15, -0.1) is 0 Å². The number of nitrogens with zero attached hydrogens (tertiary/aromatic N) is 2. The average molecular weight is 370 g/mol. The molecule has 2 heterocycles. The van der Waals surface area contributed by atoms with Crippen LogP contribution in [0.4, 0.5) is 4.39 Å². The number of methoxy groups -OCH3 is 1. The molecule has 5 nitrogen and oxygen atoms in total. The first-order valence-corrected chi connectivity index (χ1v) is 9.30. The van der Waals surface area contributed by atoms with Crippen molar-refractivity contribution in [3.63, 3.8) is 0 Å². The topological polar surface area (TPSA) is 62.7 Å². The predicted octanol–water partition coefficient (Wildman–Crippen LogP) is 2.99. The smallest absolute Gasteiger partial charge is 0.254 e. The van der Waals surface area contributed by atoms with Gasteiger partial charge in [0, 0.05) is 42.2 Å². The number of aliphatic hydroxyl groups is 1. The third-order valence-electron chi connectivity index (χ3n) is 6.03. The van der Waals surface area contributed by atoms with E-state index in [1.165, 1.54) is 6.20 Å². The van der Waals surface area contributed by atoms with Crippen LogP contribution in [0.25, 0.3) is 0 Å². The monoisotopic (exact) mass is 370 g/mol. The molecule has 1 aromatic heterocycles. The Hall–Kier alpha value is -2.47. The van der Waals surface area contributed by atoms with Gasteiger partial charge in [-0.3, -0.25) is 4.79 Å². The van der Waals surface area contributed by atoms with Crippen LogP contribution in [0.15, 0.2) is 42.6 Å². The van der Waals surface area contributed by atoms with E-state index in [4.69, 9.17) is 4.74 Å². The number of halogens is 1. The van der Waals surface area contributed by atoms with Crippen molar-refractivity contribution in [1.82, 2.24) is 9.88 Å².